The van der Waals surface area contributed by atoms with Crippen LogP contribution in [0, 0.1) is 0 Å². The molecule has 0 radical (unpaired) electrons. The second-order valence-corrected chi connectivity index (χ2v) is 5.32. The maximum atomic E-state index is 6.20. The van der Waals surface area contributed by atoms with E-state index < -0.39 is 0 Å². The molecule has 2 N–H and O–H groups in total. The molecular weight excluding hydrogens is 362 g/mol. The second-order valence-electron chi connectivity index (χ2n) is 3.75. The predicted octanol–water partition coefficient (Wildman–Crippen LogP) is 4.25. The van der Waals surface area contributed by atoms with Gasteiger partial charge in [0.15, 0.2) is 4.67 Å². The van der Waals surface area contributed by atoms with E-state index >= 15 is 0 Å². The highest BCUT2D eigenvalue weighted by molar-refractivity contribution is 9.10. The number of halogens is 2. The van der Waals surface area contributed by atoms with Crippen LogP contribution in [0.3, 0.4) is 0 Å². The summed E-state index contributed by atoms with van der Waals surface area (Å²) in [6.45, 7) is 2.59. The largest absolute Gasteiger partial charge is 0.493 e. The summed E-state index contributed by atoms with van der Waals surface area (Å²) in [5.41, 5.74) is 8.12. The standard InChI is InChI=1S/C13H13Br2NO2/c1-2-17-11-4-3-8(7-10(11)14)12(16)9-5-6-18-13(9)15/h3-7,12H,2,16H2,1H3. The zero-order valence-corrected chi connectivity index (χ0v) is 13.0. The lowest BCUT2D eigenvalue weighted by atomic mass is 10.0. The molecule has 3 nitrogen and oxygen atoms in total. The first-order valence-electron chi connectivity index (χ1n) is 5.54. The molecule has 96 valence electrons. The maximum Gasteiger partial charge on any atom is 0.174 e. The Balaban J connectivity index is 2.29. The van der Waals surface area contributed by atoms with Crippen molar-refractivity contribution in [2.75, 3.05) is 6.61 Å². The first-order chi connectivity index (χ1) is 8.63. The van der Waals surface area contributed by atoms with E-state index in [2.05, 4.69) is 31.9 Å². The monoisotopic (exact) mass is 373 g/mol. The van der Waals surface area contributed by atoms with Crippen LogP contribution in [-0.2, 0) is 0 Å². The number of benzene rings is 1. The average Bonchev–Trinajstić information content (AvgIpc) is 2.77. The van der Waals surface area contributed by atoms with Gasteiger partial charge in [0.2, 0.25) is 0 Å². The van der Waals surface area contributed by atoms with Gasteiger partial charge in [-0.1, -0.05) is 6.07 Å². The van der Waals surface area contributed by atoms with E-state index in [1.807, 2.05) is 31.2 Å². The lowest BCUT2D eigenvalue weighted by molar-refractivity contribution is 0.338. The Morgan fingerprint density at radius 3 is 2.67 bits per heavy atom. The molecule has 0 saturated heterocycles. The third-order valence-electron chi connectivity index (χ3n) is 2.60. The zero-order chi connectivity index (χ0) is 13.1. The normalized spacial score (nSPS) is 12.4. The van der Waals surface area contributed by atoms with Gasteiger partial charge in [0, 0.05) is 5.56 Å². The van der Waals surface area contributed by atoms with Crippen molar-refractivity contribution in [2.45, 2.75) is 13.0 Å². The Morgan fingerprint density at radius 2 is 2.11 bits per heavy atom. The highest BCUT2D eigenvalue weighted by atomic mass is 79.9. The van der Waals surface area contributed by atoms with Gasteiger partial charge >= 0.3 is 0 Å². The fraction of sp³-hybridized carbons (Fsp3) is 0.231. The maximum absolute atomic E-state index is 6.20. The molecule has 0 saturated carbocycles. The summed E-state index contributed by atoms with van der Waals surface area (Å²) < 4.78 is 12.2. The lowest BCUT2D eigenvalue weighted by Gasteiger charge is -2.13. The van der Waals surface area contributed by atoms with Gasteiger partial charge in [-0.25, -0.2) is 0 Å². The highest BCUT2D eigenvalue weighted by Crippen LogP contribution is 2.32. The molecule has 0 amide bonds. The molecule has 2 rings (SSSR count). The summed E-state index contributed by atoms with van der Waals surface area (Å²) in [5, 5.41) is 0. The smallest absolute Gasteiger partial charge is 0.174 e. The molecule has 0 bridgehead atoms. The molecule has 0 aliphatic carbocycles. The topological polar surface area (TPSA) is 48.4 Å². The van der Waals surface area contributed by atoms with Crippen LogP contribution in [-0.4, -0.2) is 6.61 Å². The Bertz CT molecular complexity index is 540. The number of hydrogen-bond acceptors (Lipinski definition) is 3. The molecule has 0 aliphatic heterocycles. The van der Waals surface area contributed by atoms with E-state index in [1.54, 1.807) is 6.26 Å². The number of rotatable bonds is 4. The Kier molecular flexibility index (Phi) is 4.48. The third kappa shape index (κ3) is 2.79. The van der Waals surface area contributed by atoms with Gasteiger partial charge in [-0.15, -0.1) is 0 Å². The van der Waals surface area contributed by atoms with E-state index in [0.29, 0.717) is 11.3 Å². The number of ether oxygens (including phenoxy) is 1. The summed E-state index contributed by atoms with van der Waals surface area (Å²) in [7, 11) is 0. The second kappa shape index (κ2) is 5.91. The molecule has 1 aromatic heterocycles. The third-order valence-corrected chi connectivity index (χ3v) is 3.86. The first kappa shape index (κ1) is 13.6. The Hall–Kier alpha value is -0.780. The van der Waals surface area contributed by atoms with Crippen molar-refractivity contribution in [1.82, 2.24) is 0 Å². The fourth-order valence-electron chi connectivity index (χ4n) is 1.69. The van der Waals surface area contributed by atoms with Crippen molar-refractivity contribution >= 4 is 31.9 Å². The minimum absolute atomic E-state index is 0.231. The molecule has 2 aromatic rings. The van der Waals surface area contributed by atoms with Crippen LogP contribution in [0.2, 0.25) is 0 Å². The van der Waals surface area contributed by atoms with E-state index in [-0.39, 0.29) is 6.04 Å². The van der Waals surface area contributed by atoms with E-state index in [9.17, 15) is 0 Å². The van der Waals surface area contributed by atoms with Crippen LogP contribution in [0.15, 0.2) is 44.1 Å². The summed E-state index contributed by atoms with van der Waals surface area (Å²) in [4.78, 5) is 0. The molecule has 0 fully saturated rings. The molecule has 1 atom stereocenters. The van der Waals surface area contributed by atoms with Crippen LogP contribution >= 0.6 is 31.9 Å². The highest BCUT2D eigenvalue weighted by Gasteiger charge is 2.15. The van der Waals surface area contributed by atoms with E-state index in [1.165, 1.54) is 0 Å². The van der Waals surface area contributed by atoms with Crippen LogP contribution in [0.1, 0.15) is 24.1 Å². The summed E-state index contributed by atoms with van der Waals surface area (Å²) in [6.07, 6.45) is 1.61. The fourth-order valence-corrected chi connectivity index (χ4v) is 2.69. The van der Waals surface area contributed by atoms with E-state index in [4.69, 9.17) is 14.9 Å². The minimum Gasteiger partial charge on any atom is -0.493 e. The molecule has 1 aromatic carbocycles. The van der Waals surface area contributed by atoms with Crippen molar-refractivity contribution in [1.29, 1.82) is 0 Å². The molecule has 0 spiro atoms. The first-order valence-corrected chi connectivity index (χ1v) is 7.12. The summed E-state index contributed by atoms with van der Waals surface area (Å²) in [5.74, 6) is 0.819. The zero-order valence-electron chi connectivity index (χ0n) is 9.82. The lowest BCUT2D eigenvalue weighted by Crippen LogP contribution is -2.11. The summed E-state index contributed by atoms with van der Waals surface area (Å²) in [6, 6.07) is 7.47. The van der Waals surface area contributed by atoms with Gasteiger partial charge in [-0.3, -0.25) is 0 Å². The van der Waals surface area contributed by atoms with Crippen LogP contribution in [0.4, 0.5) is 0 Å². The summed E-state index contributed by atoms with van der Waals surface area (Å²) >= 11 is 6.82. The van der Waals surface area contributed by atoms with Crippen molar-refractivity contribution in [3.63, 3.8) is 0 Å². The van der Waals surface area contributed by atoms with Crippen LogP contribution in [0.5, 0.6) is 5.75 Å². The average molecular weight is 375 g/mol. The molecule has 1 heterocycles. The quantitative estimate of drug-likeness (QED) is 0.870. The van der Waals surface area contributed by atoms with Crippen molar-refractivity contribution in [2.24, 2.45) is 5.73 Å². The van der Waals surface area contributed by atoms with Gasteiger partial charge in [-0.2, -0.15) is 0 Å². The van der Waals surface area contributed by atoms with Crippen molar-refractivity contribution in [3.8, 4) is 5.75 Å². The molecule has 5 heteroatoms. The molecular formula is C13H13Br2NO2. The van der Waals surface area contributed by atoms with Gasteiger partial charge in [0.05, 0.1) is 23.4 Å². The molecule has 18 heavy (non-hydrogen) atoms. The number of hydrogen-bond donors (Lipinski definition) is 1. The van der Waals surface area contributed by atoms with Gasteiger partial charge in [0.25, 0.3) is 0 Å². The van der Waals surface area contributed by atoms with Gasteiger partial charge in [0.1, 0.15) is 5.75 Å². The predicted molar refractivity (Wildman–Crippen MR) is 77.7 cm³/mol. The SMILES string of the molecule is CCOc1ccc(C(N)c2ccoc2Br)cc1Br. The molecule has 0 aliphatic rings. The van der Waals surface area contributed by atoms with Crippen LogP contribution in [0.25, 0.3) is 0 Å². The van der Waals surface area contributed by atoms with Crippen LogP contribution < -0.4 is 10.5 Å². The number of nitrogens with two attached hydrogens (primary N) is 1. The number of furan rings is 1. The van der Waals surface area contributed by atoms with E-state index in [0.717, 1.165) is 21.3 Å². The van der Waals surface area contributed by atoms with Crippen molar-refractivity contribution in [3.05, 3.63) is 50.8 Å². The Labute approximate surface area is 123 Å². The van der Waals surface area contributed by atoms with Gasteiger partial charge in [-0.05, 0) is 62.5 Å². The molecule has 1 unspecified atom stereocenters. The Morgan fingerprint density at radius 1 is 1.33 bits per heavy atom. The van der Waals surface area contributed by atoms with Gasteiger partial charge < -0.3 is 14.9 Å². The van der Waals surface area contributed by atoms with Crippen molar-refractivity contribution < 1.29 is 9.15 Å². The minimum atomic E-state index is -0.231.